The van der Waals surface area contributed by atoms with E-state index in [0.717, 1.165) is 0 Å². The van der Waals surface area contributed by atoms with Crippen LogP contribution in [0.2, 0.25) is 0 Å². The summed E-state index contributed by atoms with van der Waals surface area (Å²) in [5, 5.41) is 13.5. The molecule has 0 saturated heterocycles. The zero-order valence-electron chi connectivity index (χ0n) is 14.0. The Kier molecular flexibility index (Phi) is 5.91. The minimum atomic E-state index is -4.45. The average molecular weight is 376 g/mol. The number of aromatic nitrogens is 1. The van der Waals surface area contributed by atoms with Crippen LogP contribution in [0.3, 0.4) is 0 Å². The van der Waals surface area contributed by atoms with E-state index in [1.807, 2.05) is 0 Å². The Hall–Kier alpha value is -1.84. The van der Waals surface area contributed by atoms with E-state index < -0.39 is 18.4 Å². The zero-order chi connectivity index (χ0) is 18.7. The van der Waals surface area contributed by atoms with Crippen LogP contribution >= 0.6 is 11.3 Å². The van der Waals surface area contributed by atoms with Gasteiger partial charge in [0.15, 0.2) is 12.2 Å². The number of hydrogen-bond donors (Lipinski definition) is 1. The first kappa shape index (κ1) is 19.5. The van der Waals surface area contributed by atoms with Crippen molar-refractivity contribution in [2.75, 3.05) is 34.4 Å². The monoisotopic (exact) mass is 376 g/mol. The minimum Gasteiger partial charge on any atom is -0.496 e. The lowest BCUT2D eigenvalue weighted by atomic mass is 9.92. The summed E-state index contributed by atoms with van der Waals surface area (Å²) in [5.41, 5.74) is -1.26. The van der Waals surface area contributed by atoms with Crippen LogP contribution in [-0.2, 0) is 5.60 Å². The standard InChI is InChI=1S/C16H19F3N2O3S/c1-21(2)9-15(22,14-20-6-7-25-14)12-8-11(4-5-13(12)23-3)24-10-16(17,18)19/h4-8,22H,9-10H2,1-3H3. The van der Waals surface area contributed by atoms with E-state index in [-0.39, 0.29) is 12.3 Å². The van der Waals surface area contributed by atoms with E-state index in [1.165, 1.54) is 36.6 Å². The molecule has 0 spiro atoms. The van der Waals surface area contributed by atoms with Crippen LogP contribution < -0.4 is 9.47 Å². The molecule has 1 aromatic carbocycles. The molecule has 5 nitrogen and oxygen atoms in total. The van der Waals surface area contributed by atoms with Gasteiger partial charge in [-0.3, -0.25) is 0 Å². The summed E-state index contributed by atoms with van der Waals surface area (Å²) in [6, 6.07) is 4.19. The van der Waals surface area contributed by atoms with Crippen LogP contribution in [0.15, 0.2) is 29.8 Å². The molecular formula is C16H19F3N2O3S. The average Bonchev–Trinajstić information content (AvgIpc) is 3.06. The van der Waals surface area contributed by atoms with Gasteiger partial charge in [0.1, 0.15) is 16.5 Å². The van der Waals surface area contributed by atoms with Crippen molar-refractivity contribution in [2.45, 2.75) is 11.8 Å². The van der Waals surface area contributed by atoms with Gasteiger partial charge in [0.25, 0.3) is 0 Å². The quantitative estimate of drug-likeness (QED) is 0.805. The molecule has 2 aromatic rings. The maximum atomic E-state index is 12.4. The maximum absolute atomic E-state index is 12.4. The van der Waals surface area contributed by atoms with Gasteiger partial charge < -0.3 is 19.5 Å². The number of benzene rings is 1. The SMILES string of the molecule is COc1ccc(OCC(F)(F)F)cc1C(O)(CN(C)C)c1nccs1. The van der Waals surface area contributed by atoms with E-state index >= 15 is 0 Å². The fraction of sp³-hybridized carbons (Fsp3) is 0.438. The van der Waals surface area contributed by atoms with Crippen molar-refractivity contribution >= 4 is 11.3 Å². The summed E-state index contributed by atoms with van der Waals surface area (Å²) in [6.45, 7) is -1.25. The third kappa shape index (κ3) is 4.83. The fourth-order valence-corrected chi connectivity index (χ4v) is 3.16. The molecule has 1 unspecified atom stereocenters. The number of hydrogen-bond acceptors (Lipinski definition) is 6. The lowest BCUT2D eigenvalue weighted by molar-refractivity contribution is -0.153. The van der Waals surface area contributed by atoms with Gasteiger partial charge in [0.2, 0.25) is 0 Å². The van der Waals surface area contributed by atoms with Gasteiger partial charge in [-0.15, -0.1) is 11.3 Å². The normalized spacial score (nSPS) is 14.4. The number of methoxy groups -OCH3 is 1. The largest absolute Gasteiger partial charge is 0.496 e. The number of thiazole rings is 1. The van der Waals surface area contributed by atoms with E-state index in [0.29, 0.717) is 16.3 Å². The third-order valence-electron chi connectivity index (χ3n) is 3.35. The molecule has 138 valence electrons. The lowest BCUT2D eigenvalue weighted by Crippen LogP contribution is -2.39. The summed E-state index contributed by atoms with van der Waals surface area (Å²) >= 11 is 1.25. The molecule has 0 bridgehead atoms. The minimum absolute atomic E-state index is 0.0122. The van der Waals surface area contributed by atoms with Gasteiger partial charge >= 0.3 is 6.18 Å². The Morgan fingerprint density at radius 3 is 2.52 bits per heavy atom. The molecule has 0 aliphatic carbocycles. The molecule has 0 radical (unpaired) electrons. The van der Waals surface area contributed by atoms with Gasteiger partial charge in [0, 0.05) is 23.7 Å². The first-order chi connectivity index (χ1) is 11.7. The summed E-state index contributed by atoms with van der Waals surface area (Å²) in [4.78, 5) is 5.93. The third-order valence-corrected chi connectivity index (χ3v) is 4.27. The highest BCUT2D eigenvalue weighted by Gasteiger charge is 2.38. The highest BCUT2D eigenvalue weighted by atomic mass is 32.1. The van der Waals surface area contributed by atoms with Gasteiger partial charge in [0.05, 0.1) is 7.11 Å². The van der Waals surface area contributed by atoms with Crippen LogP contribution in [-0.4, -0.2) is 55.5 Å². The molecule has 0 fully saturated rings. The number of ether oxygens (including phenoxy) is 2. The number of nitrogens with zero attached hydrogens (tertiary/aromatic N) is 2. The number of halogens is 3. The summed E-state index contributed by atoms with van der Waals surface area (Å²) in [5.74, 6) is 0.320. The second-order valence-corrected chi connectivity index (χ2v) is 6.60. The van der Waals surface area contributed by atoms with Gasteiger partial charge in [-0.2, -0.15) is 13.2 Å². The Balaban J connectivity index is 2.48. The van der Waals surface area contributed by atoms with Crippen molar-refractivity contribution in [1.82, 2.24) is 9.88 Å². The van der Waals surface area contributed by atoms with Crippen LogP contribution in [0.4, 0.5) is 13.2 Å². The van der Waals surface area contributed by atoms with Crippen molar-refractivity contribution < 1.29 is 27.8 Å². The van der Waals surface area contributed by atoms with Crippen molar-refractivity contribution in [3.8, 4) is 11.5 Å². The van der Waals surface area contributed by atoms with Crippen molar-refractivity contribution in [3.63, 3.8) is 0 Å². The molecule has 1 aromatic heterocycles. The predicted molar refractivity (Wildman–Crippen MR) is 88.2 cm³/mol. The number of likely N-dealkylation sites (N-methyl/N-ethyl adjacent to an activating group) is 1. The second-order valence-electron chi connectivity index (χ2n) is 5.70. The number of aliphatic hydroxyl groups is 1. The molecule has 1 heterocycles. The fourth-order valence-electron chi connectivity index (χ4n) is 2.42. The van der Waals surface area contributed by atoms with Gasteiger partial charge in [-0.25, -0.2) is 4.98 Å². The molecule has 2 rings (SSSR count). The van der Waals surface area contributed by atoms with Crippen molar-refractivity contribution in [2.24, 2.45) is 0 Å². The Labute approximate surface area is 147 Å². The molecule has 1 N–H and O–H groups in total. The Morgan fingerprint density at radius 2 is 2.00 bits per heavy atom. The molecule has 0 saturated carbocycles. The maximum Gasteiger partial charge on any atom is 0.422 e. The highest BCUT2D eigenvalue weighted by molar-refractivity contribution is 7.09. The van der Waals surface area contributed by atoms with E-state index in [9.17, 15) is 18.3 Å². The topological polar surface area (TPSA) is 54.8 Å². The summed E-state index contributed by atoms with van der Waals surface area (Å²) in [7, 11) is 4.97. The molecule has 0 amide bonds. The second kappa shape index (κ2) is 7.59. The Bertz CT molecular complexity index is 692. The van der Waals surface area contributed by atoms with Crippen LogP contribution in [0.5, 0.6) is 11.5 Å². The lowest BCUT2D eigenvalue weighted by Gasteiger charge is -2.31. The molecule has 9 heteroatoms. The first-order valence-corrected chi connectivity index (χ1v) is 8.19. The van der Waals surface area contributed by atoms with Crippen LogP contribution in [0.25, 0.3) is 0 Å². The smallest absolute Gasteiger partial charge is 0.422 e. The number of rotatable bonds is 7. The molecule has 0 aliphatic rings. The van der Waals surface area contributed by atoms with E-state index in [1.54, 1.807) is 30.6 Å². The summed E-state index contributed by atoms with van der Waals surface area (Å²) in [6.07, 6.45) is -2.90. The van der Waals surface area contributed by atoms with E-state index in [2.05, 4.69) is 4.98 Å². The van der Waals surface area contributed by atoms with Crippen molar-refractivity contribution in [3.05, 3.63) is 40.3 Å². The highest BCUT2D eigenvalue weighted by Crippen LogP contribution is 2.39. The van der Waals surface area contributed by atoms with E-state index in [4.69, 9.17) is 9.47 Å². The van der Waals surface area contributed by atoms with Gasteiger partial charge in [-0.05, 0) is 32.3 Å². The zero-order valence-corrected chi connectivity index (χ0v) is 14.8. The number of alkyl halides is 3. The van der Waals surface area contributed by atoms with Crippen LogP contribution in [0.1, 0.15) is 10.6 Å². The molecular weight excluding hydrogens is 357 g/mol. The first-order valence-electron chi connectivity index (χ1n) is 7.31. The summed E-state index contributed by atoms with van der Waals surface area (Å²) < 4.78 is 47.3. The molecule has 25 heavy (non-hydrogen) atoms. The van der Waals surface area contributed by atoms with Crippen LogP contribution in [0, 0.1) is 0 Å². The van der Waals surface area contributed by atoms with Crippen molar-refractivity contribution in [1.29, 1.82) is 0 Å². The predicted octanol–water partition coefficient (Wildman–Crippen LogP) is 2.89. The Morgan fingerprint density at radius 1 is 1.28 bits per heavy atom. The molecule has 0 aliphatic heterocycles. The molecule has 1 atom stereocenters. The van der Waals surface area contributed by atoms with Gasteiger partial charge in [-0.1, -0.05) is 0 Å².